The summed E-state index contributed by atoms with van der Waals surface area (Å²) in [5, 5.41) is 21.2. The van der Waals surface area contributed by atoms with Crippen LogP contribution in [0.1, 0.15) is 30.1 Å². The molecule has 0 aromatic heterocycles. The summed E-state index contributed by atoms with van der Waals surface area (Å²) in [7, 11) is 0. The summed E-state index contributed by atoms with van der Waals surface area (Å²) in [5.41, 5.74) is 0.163. The van der Waals surface area contributed by atoms with Gasteiger partial charge < -0.3 is 15.5 Å². The van der Waals surface area contributed by atoms with E-state index in [9.17, 15) is 14.7 Å². The summed E-state index contributed by atoms with van der Waals surface area (Å²) in [6, 6.07) is 3.82. The van der Waals surface area contributed by atoms with Crippen molar-refractivity contribution in [3.05, 3.63) is 23.8 Å². The molecule has 0 spiro atoms. The lowest BCUT2D eigenvalue weighted by atomic mass is 10.0. The quantitative estimate of drug-likeness (QED) is 0.740. The predicted octanol–water partition coefficient (Wildman–Crippen LogP) is 2.31. The molecule has 1 atom stereocenters. The second-order valence-corrected chi connectivity index (χ2v) is 6.27. The molecule has 102 valence electrons. The number of hydrogen-bond donors (Lipinski definition) is 3. The standard InChI is InChI=1S/C13H15NO4S/c1-13(5-2-6-19-13)12(18)14-9-7-8(11(16)17)3-4-10(9)15/h3-4,7,15H,2,5-6H2,1H3,(H,14,18)(H,16,17). The fourth-order valence-electron chi connectivity index (χ4n) is 1.98. The van der Waals surface area contributed by atoms with Crippen molar-refractivity contribution >= 4 is 29.3 Å². The molecule has 1 amide bonds. The minimum absolute atomic E-state index is 0.0253. The van der Waals surface area contributed by atoms with Crippen molar-refractivity contribution < 1.29 is 19.8 Å². The van der Waals surface area contributed by atoms with Crippen LogP contribution >= 0.6 is 11.8 Å². The summed E-state index contributed by atoms with van der Waals surface area (Å²) in [5.74, 6) is -0.500. The summed E-state index contributed by atoms with van der Waals surface area (Å²) >= 11 is 1.58. The van der Waals surface area contributed by atoms with Gasteiger partial charge in [0.2, 0.25) is 5.91 Å². The van der Waals surface area contributed by atoms with E-state index in [1.54, 1.807) is 11.8 Å². The molecule has 0 aliphatic carbocycles. The van der Waals surface area contributed by atoms with Crippen LogP contribution in [0, 0.1) is 0 Å². The molecule has 0 radical (unpaired) electrons. The highest BCUT2D eigenvalue weighted by Gasteiger charge is 2.37. The van der Waals surface area contributed by atoms with Crippen LogP contribution in [0.4, 0.5) is 5.69 Å². The van der Waals surface area contributed by atoms with Crippen LogP contribution in [0.2, 0.25) is 0 Å². The maximum absolute atomic E-state index is 12.2. The van der Waals surface area contributed by atoms with Crippen molar-refractivity contribution in [2.75, 3.05) is 11.1 Å². The van der Waals surface area contributed by atoms with Crippen LogP contribution in [0.3, 0.4) is 0 Å². The van der Waals surface area contributed by atoms with Crippen LogP contribution in [-0.4, -0.2) is 32.6 Å². The first-order valence-corrected chi connectivity index (χ1v) is 6.93. The minimum Gasteiger partial charge on any atom is -0.506 e. The van der Waals surface area contributed by atoms with Crippen molar-refractivity contribution in [3.63, 3.8) is 0 Å². The number of carboxylic acid groups (broad SMARTS) is 1. The summed E-state index contributed by atoms with van der Waals surface area (Å²) in [6.07, 6.45) is 1.76. The Balaban J connectivity index is 2.20. The minimum atomic E-state index is -1.10. The molecule has 0 bridgehead atoms. The number of carbonyl (C=O) groups is 2. The number of phenolic OH excluding ortho intramolecular Hbond substituents is 1. The molecule has 1 saturated heterocycles. The molecular formula is C13H15NO4S. The van der Waals surface area contributed by atoms with Gasteiger partial charge in [-0.05, 0) is 43.7 Å². The number of benzene rings is 1. The van der Waals surface area contributed by atoms with Crippen molar-refractivity contribution in [2.45, 2.75) is 24.5 Å². The van der Waals surface area contributed by atoms with Gasteiger partial charge in [0.05, 0.1) is 16.0 Å². The normalized spacial score (nSPS) is 22.2. The monoisotopic (exact) mass is 281 g/mol. The highest BCUT2D eigenvalue weighted by atomic mass is 32.2. The third kappa shape index (κ3) is 2.84. The highest BCUT2D eigenvalue weighted by Crippen LogP contribution is 2.39. The van der Waals surface area contributed by atoms with Crippen LogP contribution in [0.5, 0.6) is 5.75 Å². The molecule has 1 aromatic rings. The van der Waals surface area contributed by atoms with E-state index in [1.165, 1.54) is 18.2 Å². The SMILES string of the molecule is CC1(C(=O)Nc2cc(C(=O)O)ccc2O)CCCS1. The van der Waals surface area contributed by atoms with Gasteiger partial charge in [-0.3, -0.25) is 4.79 Å². The van der Waals surface area contributed by atoms with Gasteiger partial charge in [0.1, 0.15) is 5.75 Å². The van der Waals surface area contributed by atoms with E-state index in [0.717, 1.165) is 18.6 Å². The summed E-state index contributed by atoms with van der Waals surface area (Å²) in [6.45, 7) is 1.86. The van der Waals surface area contributed by atoms with Crippen molar-refractivity contribution in [2.24, 2.45) is 0 Å². The Morgan fingerprint density at radius 3 is 2.74 bits per heavy atom. The van der Waals surface area contributed by atoms with Crippen molar-refractivity contribution in [1.29, 1.82) is 0 Å². The van der Waals surface area contributed by atoms with Crippen molar-refractivity contribution in [3.8, 4) is 5.75 Å². The van der Waals surface area contributed by atoms with E-state index in [0.29, 0.717) is 0 Å². The molecule has 2 rings (SSSR count). The lowest BCUT2D eigenvalue weighted by Crippen LogP contribution is -2.34. The lowest BCUT2D eigenvalue weighted by molar-refractivity contribution is -0.118. The van der Waals surface area contributed by atoms with Crippen LogP contribution < -0.4 is 5.32 Å². The van der Waals surface area contributed by atoms with Gasteiger partial charge in [0, 0.05) is 0 Å². The number of thioether (sulfide) groups is 1. The maximum Gasteiger partial charge on any atom is 0.335 e. The first kappa shape index (κ1) is 13.7. The molecule has 3 N–H and O–H groups in total. The fraction of sp³-hybridized carbons (Fsp3) is 0.385. The molecular weight excluding hydrogens is 266 g/mol. The van der Waals surface area contributed by atoms with Gasteiger partial charge in [-0.1, -0.05) is 0 Å². The molecule has 1 aliphatic heterocycles. The lowest BCUT2D eigenvalue weighted by Gasteiger charge is -2.21. The van der Waals surface area contributed by atoms with E-state index >= 15 is 0 Å². The van der Waals surface area contributed by atoms with Crippen LogP contribution in [-0.2, 0) is 4.79 Å². The number of carbonyl (C=O) groups excluding carboxylic acids is 1. The average molecular weight is 281 g/mol. The molecule has 1 aromatic carbocycles. The topological polar surface area (TPSA) is 86.6 Å². The highest BCUT2D eigenvalue weighted by molar-refractivity contribution is 8.01. The van der Waals surface area contributed by atoms with Gasteiger partial charge in [-0.15, -0.1) is 11.8 Å². The number of phenols is 1. The number of amides is 1. The van der Waals surface area contributed by atoms with Crippen molar-refractivity contribution in [1.82, 2.24) is 0 Å². The van der Waals surface area contributed by atoms with E-state index in [1.807, 2.05) is 6.92 Å². The maximum atomic E-state index is 12.2. The Morgan fingerprint density at radius 2 is 2.16 bits per heavy atom. The molecule has 1 fully saturated rings. The number of nitrogens with one attached hydrogen (secondary N) is 1. The zero-order valence-corrected chi connectivity index (χ0v) is 11.3. The first-order valence-electron chi connectivity index (χ1n) is 5.94. The number of anilines is 1. The van der Waals surface area contributed by atoms with Gasteiger partial charge in [-0.2, -0.15) is 0 Å². The van der Waals surface area contributed by atoms with E-state index in [2.05, 4.69) is 5.32 Å². The number of rotatable bonds is 3. The zero-order chi connectivity index (χ0) is 14.0. The molecule has 6 heteroatoms. The Labute approximate surface area is 115 Å². The second kappa shape index (κ2) is 5.13. The van der Waals surface area contributed by atoms with Crippen LogP contribution in [0.15, 0.2) is 18.2 Å². The number of carboxylic acids is 1. The molecule has 1 heterocycles. The molecule has 1 unspecified atom stereocenters. The van der Waals surface area contributed by atoms with Gasteiger partial charge in [0.25, 0.3) is 0 Å². The molecule has 0 saturated carbocycles. The smallest absolute Gasteiger partial charge is 0.335 e. The third-order valence-electron chi connectivity index (χ3n) is 3.19. The van der Waals surface area contributed by atoms with Gasteiger partial charge in [0.15, 0.2) is 0 Å². The first-order chi connectivity index (χ1) is 8.92. The number of aromatic carboxylic acids is 1. The number of aromatic hydroxyl groups is 1. The average Bonchev–Trinajstić information content (AvgIpc) is 2.80. The Bertz CT molecular complexity index is 523. The second-order valence-electron chi connectivity index (χ2n) is 4.67. The molecule has 5 nitrogen and oxygen atoms in total. The Morgan fingerprint density at radius 1 is 1.42 bits per heavy atom. The zero-order valence-electron chi connectivity index (χ0n) is 10.5. The van der Waals surface area contributed by atoms with Crippen LogP contribution in [0.25, 0.3) is 0 Å². The fourth-order valence-corrected chi connectivity index (χ4v) is 3.19. The van der Waals surface area contributed by atoms with Gasteiger partial charge in [-0.25, -0.2) is 4.79 Å². The largest absolute Gasteiger partial charge is 0.506 e. The third-order valence-corrected chi connectivity index (χ3v) is 4.71. The molecule has 1 aliphatic rings. The van der Waals surface area contributed by atoms with E-state index in [4.69, 9.17) is 5.11 Å². The predicted molar refractivity (Wildman–Crippen MR) is 73.8 cm³/mol. The summed E-state index contributed by atoms with van der Waals surface area (Å²) < 4.78 is -0.508. The van der Waals surface area contributed by atoms with E-state index in [-0.39, 0.29) is 22.9 Å². The van der Waals surface area contributed by atoms with Gasteiger partial charge >= 0.3 is 5.97 Å². The molecule has 19 heavy (non-hydrogen) atoms. The number of hydrogen-bond acceptors (Lipinski definition) is 4. The summed E-state index contributed by atoms with van der Waals surface area (Å²) in [4.78, 5) is 23.1. The Hall–Kier alpha value is -1.69. The Kier molecular flexibility index (Phi) is 3.71. The van der Waals surface area contributed by atoms with E-state index < -0.39 is 10.7 Å².